The van der Waals surface area contributed by atoms with Crippen LogP contribution < -0.4 is 5.32 Å². The van der Waals surface area contributed by atoms with Crippen molar-refractivity contribution in [3.63, 3.8) is 0 Å². The number of carbonyl (C=O) groups excluding carboxylic acids is 1. The molecule has 2 aromatic rings. The maximum atomic E-state index is 12.3. The Morgan fingerprint density at radius 2 is 1.95 bits per heavy atom. The second kappa shape index (κ2) is 6.18. The van der Waals surface area contributed by atoms with Crippen molar-refractivity contribution in [1.82, 2.24) is 9.88 Å². The third-order valence-corrected chi connectivity index (χ3v) is 4.30. The predicted octanol–water partition coefficient (Wildman–Crippen LogP) is 3.12. The van der Waals surface area contributed by atoms with E-state index >= 15 is 0 Å². The van der Waals surface area contributed by atoms with E-state index in [1.807, 2.05) is 36.9 Å². The van der Waals surface area contributed by atoms with Crippen molar-refractivity contribution in [3.05, 3.63) is 59.3 Å². The molecule has 1 N–H and O–H groups in total. The fourth-order valence-electron chi connectivity index (χ4n) is 3.00. The van der Waals surface area contributed by atoms with E-state index in [-0.39, 0.29) is 5.91 Å². The monoisotopic (exact) mass is 295 g/mol. The number of hydrogen-bond acceptors (Lipinski definition) is 3. The first-order chi connectivity index (χ1) is 10.7. The molecule has 0 aliphatic carbocycles. The summed E-state index contributed by atoms with van der Waals surface area (Å²) in [5, 5.41) is 3.34. The summed E-state index contributed by atoms with van der Waals surface area (Å²) in [7, 11) is 0. The van der Waals surface area contributed by atoms with E-state index in [2.05, 4.69) is 28.5 Å². The first-order valence-corrected chi connectivity index (χ1v) is 7.82. The van der Waals surface area contributed by atoms with Crippen molar-refractivity contribution in [1.29, 1.82) is 0 Å². The number of pyridine rings is 1. The minimum atomic E-state index is 0.100. The van der Waals surface area contributed by atoms with Crippen LogP contribution >= 0.6 is 0 Å². The van der Waals surface area contributed by atoms with Gasteiger partial charge in [-0.2, -0.15) is 0 Å². The van der Waals surface area contributed by atoms with Crippen molar-refractivity contribution in [2.24, 2.45) is 0 Å². The number of aromatic nitrogens is 1. The minimum Gasteiger partial charge on any atom is -0.369 e. The van der Waals surface area contributed by atoms with Crippen LogP contribution in [0.2, 0.25) is 0 Å². The lowest BCUT2D eigenvalue weighted by atomic mass is 9.93. The summed E-state index contributed by atoms with van der Waals surface area (Å²) in [6.07, 6.45) is 1.81. The van der Waals surface area contributed by atoms with E-state index in [0.29, 0.717) is 5.92 Å². The van der Waals surface area contributed by atoms with Gasteiger partial charge in [0.1, 0.15) is 5.82 Å². The minimum absolute atomic E-state index is 0.100. The zero-order chi connectivity index (χ0) is 15.5. The molecule has 22 heavy (non-hydrogen) atoms. The molecule has 1 aliphatic heterocycles. The van der Waals surface area contributed by atoms with E-state index in [4.69, 9.17) is 0 Å². The number of amides is 1. The molecule has 2 heterocycles. The lowest BCUT2D eigenvalue weighted by Gasteiger charge is -2.19. The van der Waals surface area contributed by atoms with Gasteiger partial charge in [0.25, 0.3) is 5.91 Å². The number of nitrogens with one attached hydrogen (secondary N) is 1. The normalized spacial score (nSPS) is 16.0. The summed E-state index contributed by atoms with van der Waals surface area (Å²) in [4.78, 5) is 18.5. The molecule has 4 heteroatoms. The van der Waals surface area contributed by atoms with Crippen LogP contribution in [0.4, 0.5) is 5.82 Å². The van der Waals surface area contributed by atoms with Gasteiger partial charge < -0.3 is 10.2 Å². The Labute approximate surface area is 131 Å². The molecular weight excluding hydrogens is 274 g/mol. The van der Waals surface area contributed by atoms with Crippen molar-refractivity contribution in [2.75, 3.05) is 25.0 Å². The second-order valence-corrected chi connectivity index (χ2v) is 5.47. The average Bonchev–Trinajstić information content (AvgIpc) is 3.00. The SMILES string of the molecule is CCN(CC)C(=O)c1ccc(C2CNc3ncccc32)cc1. The summed E-state index contributed by atoms with van der Waals surface area (Å²) in [5.41, 5.74) is 3.20. The van der Waals surface area contributed by atoms with E-state index in [0.717, 1.165) is 31.0 Å². The molecule has 1 aromatic carbocycles. The summed E-state index contributed by atoms with van der Waals surface area (Å²) in [5.74, 6) is 1.38. The Morgan fingerprint density at radius 1 is 1.23 bits per heavy atom. The molecule has 1 atom stereocenters. The van der Waals surface area contributed by atoms with Crippen LogP contribution in [-0.2, 0) is 0 Å². The van der Waals surface area contributed by atoms with Crippen LogP contribution in [0.25, 0.3) is 0 Å². The first kappa shape index (κ1) is 14.6. The van der Waals surface area contributed by atoms with Gasteiger partial charge in [0.05, 0.1) is 0 Å². The summed E-state index contributed by atoms with van der Waals surface area (Å²) < 4.78 is 0. The molecule has 1 aromatic heterocycles. The molecule has 1 aliphatic rings. The molecular formula is C18H21N3O. The molecule has 3 rings (SSSR count). The van der Waals surface area contributed by atoms with Crippen molar-refractivity contribution in [2.45, 2.75) is 19.8 Å². The number of rotatable bonds is 4. The molecule has 0 bridgehead atoms. The van der Waals surface area contributed by atoms with Gasteiger partial charge in [0.2, 0.25) is 0 Å². The Kier molecular flexibility index (Phi) is 4.09. The van der Waals surface area contributed by atoms with E-state index in [1.165, 1.54) is 11.1 Å². The Hall–Kier alpha value is -2.36. The van der Waals surface area contributed by atoms with E-state index in [1.54, 1.807) is 6.20 Å². The smallest absolute Gasteiger partial charge is 0.253 e. The van der Waals surface area contributed by atoms with Gasteiger partial charge >= 0.3 is 0 Å². The third kappa shape index (κ3) is 2.56. The van der Waals surface area contributed by atoms with E-state index < -0.39 is 0 Å². The average molecular weight is 295 g/mol. The summed E-state index contributed by atoms with van der Waals surface area (Å²) >= 11 is 0. The summed E-state index contributed by atoms with van der Waals surface area (Å²) in [6.45, 7) is 6.34. The maximum absolute atomic E-state index is 12.3. The molecule has 0 spiro atoms. The zero-order valence-corrected chi connectivity index (χ0v) is 13.0. The van der Waals surface area contributed by atoms with Crippen LogP contribution in [0.15, 0.2) is 42.6 Å². The van der Waals surface area contributed by atoms with Crippen LogP contribution in [-0.4, -0.2) is 35.4 Å². The van der Waals surface area contributed by atoms with Crippen molar-refractivity contribution < 1.29 is 4.79 Å². The molecule has 0 saturated heterocycles. The topological polar surface area (TPSA) is 45.2 Å². The number of benzene rings is 1. The Balaban J connectivity index is 1.82. The fraction of sp³-hybridized carbons (Fsp3) is 0.333. The highest BCUT2D eigenvalue weighted by Crippen LogP contribution is 2.34. The van der Waals surface area contributed by atoms with E-state index in [9.17, 15) is 4.79 Å². The van der Waals surface area contributed by atoms with Crippen LogP contribution in [0.5, 0.6) is 0 Å². The van der Waals surface area contributed by atoms with Crippen LogP contribution in [0.1, 0.15) is 41.3 Å². The molecule has 1 amide bonds. The van der Waals surface area contributed by atoms with Gasteiger partial charge in [-0.25, -0.2) is 4.98 Å². The Morgan fingerprint density at radius 3 is 2.64 bits per heavy atom. The number of fused-ring (bicyclic) bond motifs is 1. The highest BCUT2D eigenvalue weighted by Gasteiger charge is 2.24. The molecule has 114 valence electrons. The highest BCUT2D eigenvalue weighted by atomic mass is 16.2. The van der Waals surface area contributed by atoms with Gasteiger partial charge in [-0.3, -0.25) is 4.79 Å². The molecule has 1 unspecified atom stereocenters. The van der Waals surface area contributed by atoms with Gasteiger partial charge in [-0.1, -0.05) is 18.2 Å². The second-order valence-electron chi connectivity index (χ2n) is 5.47. The number of nitrogens with zero attached hydrogens (tertiary/aromatic N) is 2. The van der Waals surface area contributed by atoms with Gasteiger partial charge in [-0.15, -0.1) is 0 Å². The van der Waals surface area contributed by atoms with Crippen molar-refractivity contribution in [3.8, 4) is 0 Å². The lowest BCUT2D eigenvalue weighted by Crippen LogP contribution is -2.30. The van der Waals surface area contributed by atoms with Crippen LogP contribution in [0, 0.1) is 0 Å². The molecule has 0 radical (unpaired) electrons. The first-order valence-electron chi connectivity index (χ1n) is 7.82. The molecule has 0 saturated carbocycles. The fourth-order valence-corrected chi connectivity index (χ4v) is 3.00. The molecule has 4 nitrogen and oxygen atoms in total. The number of hydrogen-bond donors (Lipinski definition) is 1. The third-order valence-electron chi connectivity index (χ3n) is 4.30. The largest absolute Gasteiger partial charge is 0.369 e. The zero-order valence-electron chi connectivity index (χ0n) is 13.0. The number of anilines is 1. The molecule has 0 fully saturated rings. The summed E-state index contributed by atoms with van der Waals surface area (Å²) in [6, 6.07) is 12.1. The Bertz CT molecular complexity index is 662. The van der Waals surface area contributed by atoms with Crippen LogP contribution in [0.3, 0.4) is 0 Å². The highest BCUT2D eigenvalue weighted by molar-refractivity contribution is 5.94. The maximum Gasteiger partial charge on any atom is 0.253 e. The van der Waals surface area contributed by atoms with Crippen molar-refractivity contribution >= 4 is 11.7 Å². The lowest BCUT2D eigenvalue weighted by molar-refractivity contribution is 0.0773. The standard InChI is InChI=1S/C18H21N3O/c1-3-21(4-2)18(22)14-9-7-13(8-10-14)16-12-20-17-15(16)6-5-11-19-17/h5-11,16H,3-4,12H2,1-2H3,(H,19,20). The number of carbonyl (C=O) groups is 1. The van der Waals surface area contributed by atoms with Gasteiger partial charge in [0.15, 0.2) is 0 Å². The van der Waals surface area contributed by atoms with Gasteiger partial charge in [-0.05, 0) is 37.6 Å². The quantitative estimate of drug-likeness (QED) is 0.942. The predicted molar refractivity (Wildman–Crippen MR) is 88.3 cm³/mol. The van der Waals surface area contributed by atoms with Gasteiger partial charge in [0, 0.05) is 42.9 Å².